The van der Waals surface area contributed by atoms with Crippen molar-refractivity contribution in [1.29, 1.82) is 0 Å². The van der Waals surface area contributed by atoms with Crippen LogP contribution in [0.15, 0.2) is 34.7 Å². The number of nitrogens with one attached hydrogen (secondary N) is 3. The van der Waals surface area contributed by atoms with Gasteiger partial charge in [0.1, 0.15) is 18.1 Å². The van der Waals surface area contributed by atoms with E-state index >= 15 is 0 Å². The predicted molar refractivity (Wildman–Crippen MR) is 190 cm³/mol. The average molecular weight is 662 g/mol. The third-order valence-corrected chi connectivity index (χ3v) is 11.8. The summed E-state index contributed by atoms with van der Waals surface area (Å²) in [6.07, 6.45) is 14.6. The number of benzene rings is 1. The molecule has 6 N–H and O–H groups in total. The number of hydrogen-bond donors (Lipinski definition) is 6. The van der Waals surface area contributed by atoms with Gasteiger partial charge in [-0.1, -0.05) is 38.7 Å². The molecule has 6 rings (SSSR count). The third-order valence-electron chi connectivity index (χ3n) is 11.8. The second-order valence-corrected chi connectivity index (χ2v) is 15.1. The molecule has 8 heteroatoms. The number of aliphatic hydroxyl groups is 2. The van der Waals surface area contributed by atoms with E-state index in [0.717, 1.165) is 72.9 Å². The molecule has 3 aromatic rings. The van der Waals surface area contributed by atoms with E-state index < -0.39 is 0 Å². The number of aromatic amines is 1. The third kappa shape index (κ3) is 7.67. The molecule has 2 fully saturated rings. The Morgan fingerprint density at radius 2 is 1.92 bits per heavy atom. The molecule has 3 aliphatic carbocycles. The van der Waals surface area contributed by atoms with Crippen LogP contribution < -0.4 is 15.4 Å². The van der Waals surface area contributed by atoms with Crippen molar-refractivity contribution in [2.24, 2.45) is 17.3 Å². The summed E-state index contributed by atoms with van der Waals surface area (Å²) in [7, 11) is 1.97. The summed E-state index contributed by atoms with van der Waals surface area (Å²) in [5.74, 6) is 4.29. The Labute approximate surface area is 287 Å². The quantitative estimate of drug-likeness (QED) is 0.0992. The molecule has 2 saturated carbocycles. The minimum atomic E-state index is -0.356. The summed E-state index contributed by atoms with van der Waals surface area (Å²) in [6.45, 7) is 5.91. The minimum absolute atomic E-state index is 0.00131. The van der Waals surface area contributed by atoms with Crippen LogP contribution in [0.25, 0.3) is 0 Å². The van der Waals surface area contributed by atoms with Gasteiger partial charge in [-0.25, -0.2) is 0 Å². The molecular formula is C40H59N3O5. The first-order valence-electron chi connectivity index (χ1n) is 18.8. The van der Waals surface area contributed by atoms with Crippen molar-refractivity contribution >= 4 is 0 Å². The smallest absolute Gasteiger partial charge is 0.161 e. The Morgan fingerprint density at radius 3 is 2.67 bits per heavy atom. The zero-order valence-corrected chi connectivity index (χ0v) is 29.5. The van der Waals surface area contributed by atoms with Crippen LogP contribution in [0.5, 0.6) is 11.5 Å². The van der Waals surface area contributed by atoms with E-state index in [-0.39, 0.29) is 24.5 Å². The molecule has 1 aromatic carbocycles. The van der Waals surface area contributed by atoms with Crippen LogP contribution in [0.3, 0.4) is 0 Å². The maximum Gasteiger partial charge on any atom is 0.161 e. The maximum atomic E-state index is 10.7. The monoisotopic (exact) mass is 661 g/mol. The summed E-state index contributed by atoms with van der Waals surface area (Å²) < 4.78 is 12.4. The van der Waals surface area contributed by atoms with Crippen molar-refractivity contribution in [2.75, 3.05) is 26.7 Å². The number of aromatic hydroxyl groups is 1. The Kier molecular flexibility index (Phi) is 11.6. The van der Waals surface area contributed by atoms with Gasteiger partial charge < -0.3 is 40.1 Å². The lowest BCUT2D eigenvalue weighted by atomic mass is 9.66. The van der Waals surface area contributed by atoms with Gasteiger partial charge in [-0.3, -0.25) is 0 Å². The Bertz CT molecular complexity index is 1470. The largest absolute Gasteiger partial charge is 0.504 e. The Hall–Kier alpha value is -2.78. The summed E-state index contributed by atoms with van der Waals surface area (Å²) in [5, 5.41) is 37.6. The molecule has 5 unspecified atom stereocenters. The molecule has 0 bridgehead atoms. The van der Waals surface area contributed by atoms with E-state index in [1.165, 1.54) is 56.2 Å². The van der Waals surface area contributed by atoms with E-state index in [0.29, 0.717) is 42.6 Å². The number of H-pyrrole nitrogens is 1. The first-order valence-corrected chi connectivity index (χ1v) is 18.8. The molecule has 48 heavy (non-hydrogen) atoms. The average Bonchev–Trinajstić information content (AvgIpc) is 3.89. The number of fused-ring (bicyclic) bond motifs is 3. The number of ether oxygens (including phenoxy) is 1. The number of hydrogen-bond acceptors (Lipinski definition) is 7. The number of rotatable bonds is 16. The van der Waals surface area contributed by atoms with Crippen LogP contribution in [0.1, 0.15) is 123 Å². The lowest BCUT2D eigenvalue weighted by Gasteiger charge is -2.39. The van der Waals surface area contributed by atoms with Crippen LogP contribution in [0, 0.1) is 17.3 Å². The molecule has 5 atom stereocenters. The lowest BCUT2D eigenvalue weighted by Crippen LogP contribution is -2.36. The lowest BCUT2D eigenvalue weighted by molar-refractivity contribution is 0.116. The first kappa shape index (κ1) is 35.1. The van der Waals surface area contributed by atoms with Crippen molar-refractivity contribution in [2.45, 2.75) is 122 Å². The number of phenolic OH excluding ortho intramolecular Hbond substituents is 1. The molecule has 1 spiro atoms. The van der Waals surface area contributed by atoms with Crippen molar-refractivity contribution in [1.82, 2.24) is 15.6 Å². The zero-order valence-electron chi connectivity index (χ0n) is 29.5. The molecule has 2 aromatic heterocycles. The molecule has 0 amide bonds. The van der Waals surface area contributed by atoms with E-state index in [9.17, 15) is 15.3 Å². The van der Waals surface area contributed by atoms with E-state index in [1.54, 1.807) is 6.07 Å². The molecule has 2 heterocycles. The van der Waals surface area contributed by atoms with Gasteiger partial charge in [-0.05, 0) is 112 Å². The normalized spacial score (nSPS) is 22.8. The van der Waals surface area contributed by atoms with Gasteiger partial charge in [0, 0.05) is 48.8 Å². The molecule has 3 aliphatic rings. The number of aromatic nitrogens is 1. The second kappa shape index (κ2) is 15.8. The molecule has 264 valence electrons. The van der Waals surface area contributed by atoms with Crippen LogP contribution >= 0.6 is 0 Å². The highest BCUT2D eigenvalue weighted by molar-refractivity contribution is 5.42. The summed E-state index contributed by atoms with van der Waals surface area (Å²) >= 11 is 0. The van der Waals surface area contributed by atoms with Gasteiger partial charge in [0.15, 0.2) is 11.5 Å². The highest BCUT2D eigenvalue weighted by Gasteiger charge is 2.51. The Morgan fingerprint density at radius 1 is 1.08 bits per heavy atom. The number of likely N-dealkylation sites (N-methyl/N-ethyl adjacent to an activating group) is 1. The van der Waals surface area contributed by atoms with Gasteiger partial charge in [0.2, 0.25) is 0 Å². The van der Waals surface area contributed by atoms with Crippen molar-refractivity contribution in [3.63, 3.8) is 0 Å². The highest BCUT2D eigenvalue weighted by Crippen LogP contribution is 2.60. The van der Waals surface area contributed by atoms with Crippen molar-refractivity contribution < 1.29 is 24.5 Å². The summed E-state index contributed by atoms with van der Waals surface area (Å²) in [6, 6.07) is 9.91. The van der Waals surface area contributed by atoms with Crippen molar-refractivity contribution in [3.8, 4) is 11.5 Å². The van der Waals surface area contributed by atoms with Gasteiger partial charge in [0.05, 0.1) is 18.8 Å². The fraction of sp³-hybridized carbons (Fsp3) is 0.650. The predicted octanol–water partition coefficient (Wildman–Crippen LogP) is 6.86. The van der Waals surface area contributed by atoms with E-state index in [1.807, 2.05) is 32.2 Å². The van der Waals surface area contributed by atoms with Crippen LogP contribution in [0.4, 0.5) is 0 Å². The second-order valence-electron chi connectivity index (χ2n) is 15.1. The van der Waals surface area contributed by atoms with Crippen LogP contribution in [0.2, 0.25) is 0 Å². The first-order chi connectivity index (χ1) is 23.3. The summed E-state index contributed by atoms with van der Waals surface area (Å²) in [5.41, 5.74) is 6.34. The van der Waals surface area contributed by atoms with Crippen LogP contribution in [-0.2, 0) is 32.3 Å². The van der Waals surface area contributed by atoms with E-state index in [2.05, 4.69) is 28.6 Å². The number of furan rings is 1. The van der Waals surface area contributed by atoms with Gasteiger partial charge >= 0.3 is 0 Å². The SMILES string of the molecule is CCCCc1oc(CCc2ccc(O)c(OCC(NC)c3cc4c([nH]3)CC3(CCCC3)C3CCCC3C4CNCC(C)O)c2)cc1CO. The van der Waals surface area contributed by atoms with Crippen molar-refractivity contribution in [3.05, 3.63) is 69.9 Å². The topological polar surface area (TPSA) is 123 Å². The fourth-order valence-corrected chi connectivity index (χ4v) is 9.42. The number of phenols is 1. The molecule has 0 aliphatic heterocycles. The van der Waals surface area contributed by atoms with Gasteiger partial charge in [-0.2, -0.15) is 0 Å². The molecule has 0 radical (unpaired) electrons. The number of aryl methyl sites for hydroxylation is 3. The fourth-order valence-electron chi connectivity index (χ4n) is 9.42. The van der Waals surface area contributed by atoms with E-state index in [4.69, 9.17) is 9.15 Å². The highest BCUT2D eigenvalue weighted by atomic mass is 16.5. The minimum Gasteiger partial charge on any atom is -0.504 e. The molecule has 8 nitrogen and oxygen atoms in total. The number of unbranched alkanes of at least 4 members (excludes halogenated alkanes) is 1. The number of aliphatic hydroxyl groups excluding tert-OH is 2. The molecular weight excluding hydrogens is 602 g/mol. The zero-order chi connectivity index (χ0) is 33.7. The van der Waals surface area contributed by atoms with Crippen LogP contribution in [-0.4, -0.2) is 53.2 Å². The maximum absolute atomic E-state index is 10.7. The van der Waals surface area contributed by atoms with Gasteiger partial charge in [-0.15, -0.1) is 0 Å². The summed E-state index contributed by atoms with van der Waals surface area (Å²) in [4.78, 5) is 3.91. The van der Waals surface area contributed by atoms with Gasteiger partial charge in [0.25, 0.3) is 0 Å². The molecule has 0 saturated heterocycles. The standard InChI is InChI=1S/C40H59N3O5/c1-4-5-11-38-28(24-44)19-29(48-38)14-12-27-13-15-37(46)39(18-27)47-25-36(41-3)34-20-31-32(23-42-22-26(2)45)30-9-8-10-33(30)40(16-6-7-17-40)21-35(31)43-34/h13,15,18-20,26,30,32-33,36,41-46H,4-12,14,16-17,21-25H2,1-3H3. The Balaban J connectivity index is 1.17.